The molecule has 4 nitrogen and oxygen atoms in total. The van der Waals surface area contributed by atoms with Crippen LogP contribution in [-0.2, 0) is 4.79 Å². The summed E-state index contributed by atoms with van der Waals surface area (Å²) in [4.78, 5) is 12.2. The van der Waals surface area contributed by atoms with Gasteiger partial charge in [-0.25, -0.2) is 0 Å². The maximum absolute atomic E-state index is 12.2. The highest BCUT2D eigenvalue weighted by Crippen LogP contribution is 2.20. The lowest BCUT2D eigenvalue weighted by atomic mass is 9.94. The van der Waals surface area contributed by atoms with Crippen molar-refractivity contribution >= 4 is 18.3 Å². The minimum Gasteiger partial charge on any atom is -0.491 e. The fraction of sp³-hybridized carbons (Fsp3) is 0.611. The number of nitrogens with one attached hydrogen (secondary N) is 2. The number of piperidine rings is 1. The van der Waals surface area contributed by atoms with Gasteiger partial charge in [0.1, 0.15) is 5.75 Å². The summed E-state index contributed by atoms with van der Waals surface area (Å²) in [6.07, 6.45) is 3.01. The molecule has 130 valence electrons. The molecule has 5 heteroatoms. The van der Waals surface area contributed by atoms with Gasteiger partial charge in [-0.05, 0) is 70.3 Å². The van der Waals surface area contributed by atoms with E-state index in [0.717, 1.165) is 37.2 Å². The maximum Gasteiger partial charge on any atom is 0.220 e. The smallest absolute Gasteiger partial charge is 0.220 e. The Bertz CT molecular complexity index is 470. The average molecular weight is 341 g/mol. The van der Waals surface area contributed by atoms with Gasteiger partial charge in [-0.2, -0.15) is 0 Å². The molecule has 1 unspecified atom stereocenters. The van der Waals surface area contributed by atoms with Crippen LogP contribution in [-0.4, -0.2) is 25.1 Å². The number of hydrogen-bond donors (Lipinski definition) is 2. The lowest BCUT2D eigenvalue weighted by molar-refractivity contribution is -0.122. The van der Waals surface area contributed by atoms with Crippen LogP contribution in [0.5, 0.6) is 5.75 Å². The van der Waals surface area contributed by atoms with Gasteiger partial charge < -0.3 is 15.4 Å². The highest BCUT2D eigenvalue weighted by Gasteiger charge is 2.18. The fourth-order valence-electron chi connectivity index (χ4n) is 2.84. The molecule has 1 aliphatic heterocycles. The molecule has 0 radical (unpaired) electrons. The molecule has 1 saturated heterocycles. The predicted octanol–water partition coefficient (Wildman–Crippen LogP) is 3.46. The van der Waals surface area contributed by atoms with E-state index in [-0.39, 0.29) is 30.5 Å². The van der Waals surface area contributed by atoms with E-state index in [1.165, 1.54) is 0 Å². The molecule has 0 spiro atoms. The van der Waals surface area contributed by atoms with Crippen molar-refractivity contribution in [3.63, 3.8) is 0 Å². The zero-order chi connectivity index (χ0) is 15.9. The molecule has 23 heavy (non-hydrogen) atoms. The third-order valence-electron chi connectivity index (χ3n) is 4.06. The first kappa shape index (κ1) is 19.8. The van der Waals surface area contributed by atoms with Gasteiger partial charge in [0, 0.05) is 6.42 Å². The number of hydrogen-bond acceptors (Lipinski definition) is 3. The molecule has 1 aliphatic rings. The third kappa shape index (κ3) is 6.80. The van der Waals surface area contributed by atoms with Gasteiger partial charge >= 0.3 is 0 Å². The quantitative estimate of drug-likeness (QED) is 0.833. The van der Waals surface area contributed by atoms with Crippen LogP contribution in [0.3, 0.4) is 0 Å². The van der Waals surface area contributed by atoms with E-state index in [1.54, 1.807) is 0 Å². The largest absolute Gasteiger partial charge is 0.491 e. The lowest BCUT2D eigenvalue weighted by Gasteiger charge is -2.23. The van der Waals surface area contributed by atoms with Gasteiger partial charge in [-0.3, -0.25) is 4.79 Å². The fourth-order valence-corrected chi connectivity index (χ4v) is 2.84. The number of benzene rings is 1. The Morgan fingerprint density at radius 3 is 2.39 bits per heavy atom. The molecule has 2 rings (SSSR count). The molecular weight excluding hydrogens is 312 g/mol. The SMILES string of the molecule is CC(C)Oc1ccc(C(C)NC(=O)CC2CCNCC2)cc1.Cl. The monoisotopic (exact) mass is 340 g/mol. The Hall–Kier alpha value is -1.26. The summed E-state index contributed by atoms with van der Waals surface area (Å²) < 4.78 is 5.64. The first-order valence-electron chi connectivity index (χ1n) is 8.31. The maximum atomic E-state index is 12.2. The van der Waals surface area contributed by atoms with Crippen LogP contribution in [0.15, 0.2) is 24.3 Å². The van der Waals surface area contributed by atoms with Crippen molar-refractivity contribution < 1.29 is 9.53 Å². The summed E-state index contributed by atoms with van der Waals surface area (Å²) in [5.41, 5.74) is 1.11. The number of carbonyl (C=O) groups is 1. The van der Waals surface area contributed by atoms with Gasteiger partial charge in [0.2, 0.25) is 5.91 Å². The van der Waals surface area contributed by atoms with E-state index < -0.39 is 0 Å². The molecule has 1 heterocycles. The van der Waals surface area contributed by atoms with Crippen molar-refractivity contribution in [3.05, 3.63) is 29.8 Å². The Balaban J connectivity index is 0.00000264. The van der Waals surface area contributed by atoms with Crippen molar-refractivity contribution in [3.8, 4) is 5.75 Å². The minimum atomic E-state index is 0. The standard InChI is InChI=1S/C18H28N2O2.ClH/c1-13(2)22-17-6-4-16(5-7-17)14(3)20-18(21)12-15-8-10-19-11-9-15;/h4-7,13-15,19H,8-12H2,1-3H3,(H,20,21);1H. The molecule has 1 amide bonds. The van der Waals surface area contributed by atoms with Crippen LogP contribution < -0.4 is 15.4 Å². The van der Waals surface area contributed by atoms with Crippen LogP contribution in [0, 0.1) is 5.92 Å². The molecular formula is C18H29ClN2O2. The number of ether oxygens (including phenoxy) is 1. The zero-order valence-electron chi connectivity index (χ0n) is 14.3. The minimum absolute atomic E-state index is 0. The molecule has 0 bridgehead atoms. The topological polar surface area (TPSA) is 50.4 Å². The third-order valence-corrected chi connectivity index (χ3v) is 4.06. The van der Waals surface area contributed by atoms with Crippen molar-refractivity contribution in [2.45, 2.75) is 52.2 Å². The van der Waals surface area contributed by atoms with Crippen molar-refractivity contribution in [1.29, 1.82) is 0 Å². The van der Waals surface area contributed by atoms with Gasteiger partial charge in [-0.15, -0.1) is 12.4 Å². The van der Waals surface area contributed by atoms with E-state index in [1.807, 2.05) is 45.0 Å². The molecule has 2 N–H and O–H groups in total. The summed E-state index contributed by atoms with van der Waals surface area (Å²) in [5.74, 6) is 1.55. The number of carbonyl (C=O) groups excluding carboxylic acids is 1. The van der Waals surface area contributed by atoms with Crippen LogP contribution >= 0.6 is 12.4 Å². The van der Waals surface area contributed by atoms with E-state index in [9.17, 15) is 4.79 Å². The lowest BCUT2D eigenvalue weighted by Crippen LogP contribution is -2.33. The second-order valence-corrected chi connectivity index (χ2v) is 6.42. The summed E-state index contributed by atoms with van der Waals surface area (Å²) in [6, 6.07) is 8.00. The van der Waals surface area contributed by atoms with Gasteiger partial charge in [0.05, 0.1) is 12.1 Å². The van der Waals surface area contributed by atoms with E-state index in [0.29, 0.717) is 12.3 Å². The molecule has 0 saturated carbocycles. The Kier molecular flexibility index (Phi) is 8.42. The van der Waals surface area contributed by atoms with E-state index in [2.05, 4.69) is 10.6 Å². The predicted molar refractivity (Wildman–Crippen MR) is 96.2 cm³/mol. The van der Waals surface area contributed by atoms with Crippen LogP contribution in [0.1, 0.15) is 51.6 Å². The Morgan fingerprint density at radius 1 is 1.22 bits per heavy atom. The van der Waals surface area contributed by atoms with E-state index >= 15 is 0 Å². The molecule has 1 aromatic carbocycles. The Morgan fingerprint density at radius 2 is 1.83 bits per heavy atom. The van der Waals surface area contributed by atoms with E-state index in [4.69, 9.17) is 4.74 Å². The van der Waals surface area contributed by atoms with Gasteiger partial charge in [0.25, 0.3) is 0 Å². The first-order valence-corrected chi connectivity index (χ1v) is 8.31. The van der Waals surface area contributed by atoms with Crippen molar-refractivity contribution in [2.24, 2.45) is 5.92 Å². The van der Waals surface area contributed by atoms with Crippen LogP contribution in [0.25, 0.3) is 0 Å². The Labute approximate surface area is 145 Å². The average Bonchev–Trinajstić information content (AvgIpc) is 2.48. The second kappa shape index (κ2) is 9.78. The normalized spacial score (nSPS) is 16.5. The molecule has 0 aliphatic carbocycles. The highest BCUT2D eigenvalue weighted by atomic mass is 35.5. The van der Waals surface area contributed by atoms with Crippen LogP contribution in [0.4, 0.5) is 0 Å². The van der Waals surface area contributed by atoms with Crippen LogP contribution in [0.2, 0.25) is 0 Å². The molecule has 1 aromatic rings. The van der Waals surface area contributed by atoms with Gasteiger partial charge in [0.15, 0.2) is 0 Å². The number of amides is 1. The second-order valence-electron chi connectivity index (χ2n) is 6.42. The summed E-state index contributed by atoms with van der Waals surface area (Å²) in [6.45, 7) is 8.11. The van der Waals surface area contributed by atoms with Crippen molar-refractivity contribution in [2.75, 3.05) is 13.1 Å². The summed E-state index contributed by atoms with van der Waals surface area (Å²) in [5, 5.41) is 6.43. The molecule has 1 atom stereocenters. The number of rotatable bonds is 6. The summed E-state index contributed by atoms with van der Waals surface area (Å²) in [7, 11) is 0. The van der Waals surface area contributed by atoms with Gasteiger partial charge in [-0.1, -0.05) is 12.1 Å². The molecule has 0 aromatic heterocycles. The molecule has 1 fully saturated rings. The number of halogens is 1. The van der Waals surface area contributed by atoms with Crippen molar-refractivity contribution in [1.82, 2.24) is 10.6 Å². The summed E-state index contributed by atoms with van der Waals surface area (Å²) >= 11 is 0. The highest BCUT2D eigenvalue weighted by molar-refractivity contribution is 5.85. The zero-order valence-corrected chi connectivity index (χ0v) is 15.1. The first-order chi connectivity index (χ1) is 10.5.